The molecule has 1 aliphatic heterocycles. The van der Waals surface area contributed by atoms with Crippen molar-refractivity contribution < 1.29 is 28.5 Å². The molecule has 1 aromatic heterocycles. The highest BCUT2D eigenvalue weighted by atomic mass is 35.5. The van der Waals surface area contributed by atoms with Crippen molar-refractivity contribution in [2.45, 2.75) is 0 Å². The quantitative estimate of drug-likeness (QED) is 0.266. The standard InChI is InChI=1S/C17H12ClN3O7/c1-27-15(22)8-20-16(23)13(19-17(20)24)7-10-3-5-14(28-10)11-4-2-9(21(25)26)6-12(11)18/h2-7H,8H2,1H3,(H,19,24)/b13-7+. The number of ether oxygens (including phenoxy) is 1. The summed E-state index contributed by atoms with van der Waals surface area (Å²) in [6, 6.07) is 6.26. The summed E-state index contributed by atoms with van der Waals surface area (Å²) in [7, 11) is 1.14. The van der Waals surface area contributed by atoms with Crippen molar-refractivity contribution in [3.05, 3.63) is 56.9 Å². The lowest BCUT2D eigenvalue weighted by Gasteiger charge is -2.08. The molecule has 3 amide bonds. The molecule has 1 aliphatic rings. The highest BCUT2D eigenvalue weighted by Crippen LogP contribution is 2.32. The van der Waals surface area contributed by atoms with E-state index in [9.17, 15) is 24.5 Å². The number of nitrogens with zero attached hydrogens (tertiary/aromatic N) is 2. The van der Waals surface area contributed by atoms with Crippen molar-refractivity contribution in [1.29, 1.82) is 0 Å². The highest BCUT2D eigenvalue weighted by Gasteiger charge is 2.35. The molecule has 10 nitrogen and oxygen atoms in total. The van der Waals surface area contributed by atoms with Crippen molar-refractivity contribution in [2.75, 3.05) is 13.7 Å². The van der Waals surface area contributed by atoms with E-state index in [4.69, 9.17) is 16.0 Å². The van der Waals surface area contributed by atoms with Crippen LogP contribution in [0.25, 0.3) is 17.4 Å². The Hall–Kier alpha value is -3.66. The molecule has 0 saturated carbocycles. The molecule has 28 heavy (non-hydrogen) atoms. The third-order valence-electron chi connectivity index (χ3n) is 3.82. The van der Waals surface area contributed by atoms with Crippen LogP contribution in [0, 0.1) is 10.1 Å². The predicted molar refractivity (Wildman–Crippen MR) is 96.0 cm³/mol. The van der Waals surface area contributed by atoms with Gasteiger partial charge in [0.25, 0.3) is 11.6 Å². The summed E-state index contributed by atoms with van der Waals surface area (Å²) in [6.07, 6.45) is 1.29. The second-order valence-electron chi connectivity index (χ2n) is 5.58. The Labute approximate surface area is 162 Å². The molecule has 144 valence electrons. The fourth-order valence-corrected chi connectivity index (χ4v) is 2.71. The number of halogens is 1. The van der Waals surface area contributed by atoms with E-state index in [1.165, 1.54) is 30.3 Å². The minimum absolute atomic E-state index is 0.0791. The molecule has 1 saturated heterocycles. The van der Waals surface area contributed by atoms with Gasteiger partial charge in [0.15, 0.2) is 0 Å². The van der Waals surface area contributed by atoms with Gasteiger partial charge in [0.05, 0.1) is 17.1 Å². The number of non-ortho nitro benzene ring substituents is 1. The van der Waals surface area contributed by atoms with Crippen LogP contribution < -0.4 is 5.32 Å². The predicted octanol–water partition coefficient (Wildman–Crippen LogP) is 2.57. The summed E-state index contributed by atoms with van der Waals surface area (Å²) in [4.78, 5) is 46.3. The number of imide groups is 1. The second kappa shape index (κ2) is 7.53. The van der Waals surface area contributed by atoms with Gasteiger partial charge in [-0.3, -0.25) is 19.7 Å². The van der Waals surface area contributed by atoms with Crippen LogP contribution in [0.15, 0.2) is 40.4 Å². The molecule has 0 radical (unpaired) electrons. The van der Waals surface area contributed by atoms with Gasteiger partial charge >= 0.3 is 12.0 Å². The number of nitrogens with one attached hydrogen (secondary N) is 1. The molecular weight excluding hydrogens is 394 g/mol. The number of nitro benzene ring substituents is 1. The van der Waals surface area contributed by atoms with Crippen LogP contribution in [0.5, 0.6) is 0 Å². The first-order valence-electron chi connectivity index (χ1n) is 7.75. The van der Waals surface area contributed by atoms with Gasteiger partial charge in [-0.2, -0.15) is 0 Å². The topological polar surface area (TPSA) is 132 Å². The normalized spacial score (nSPS) is 15.1. The zero-order valence-electron chi connectivity index (χ0n) is 14.3. The number of hydrogen-bond donors (Lipinski definition) is 1. The number of benzene rings is 1. The molecule has 1 aromatic carbocycles. The highest BCUT2D eigenvalue weighted by molar-refractivity contribution is 6.33. The smallest absolute Gasteiger partial charge is 0.329 e. The van der Waals surface area contributed by atoms with Crippen LogP contribution in [0.4, 0.5) is 10.5 Å². The van der Waals surface area contributed by atoms with E-state index in [-0.39, 0.29) is 22.2 Å². The van der Waals surface area contributed by atoms with Crippen molar-refractivity contribution in [2.24, 2.45) is 0 Å². The molecule has 0 unspecified atom stereocenters. The molecule has 0 spiro atoms. The Balaban J connectivity index is 1.83. The monoisotopic (exact) mass is 405 g/mol. The van der Waals surface area contributed by atoms with Crippen molar-refractivity contribution >= 4 is 41.3 Å². The van der Waals surface area contributed by atoms with Gasteiger partial charge in [0, 0.05) is 23.8 Å². The Morgan fingerprint density at radius 3 is 2.75 bits per heavy atom. The number of hydrogen-bond acceptors (Lipinski definition) is 7. The van der Waals surface area contributed by atoms with Crippen LogP contribution in [0.2, 0.25) is 5.02 Å². The van der Waals surface area contributed by atoms with Gasteiger partial charge in [-0.15, -0.1) is 0 Å². The lowest BCUT2D eigenvalue weighted by Crippen LogP contribution is -2.36. The first kappa shape index (κ1) is 19.1. The maximum Gasteiger partial charge on any atom is 0.329 e. The molecule has 2 heterocycles. The average molecular weight is 406 g/mol. The molecule has 0 bridgehead atoms. The van der Waals surface area contributed by atoms with Crippen LogP contribution in [0.1, 0.15) is 5.76 Å². The Morgan fingerprint density at radius 1 is 1.36 bits per heavy atom. The number of rotatable bonds is 5. The molecule has 1 N–H and O–H groups in total. The molecule has 3 rings (SSSR count). The summed E-state index contributed by atoms with van der Waals surface area (Å²) < 4.78 is 10.0. The third kappa shape index (κ3) is 3.71. The van der Waals surface area contributed by atoms with E-state index >= 15 is 0 Å². The number of amides is 3. The van der Waals surface area contributed by atoms with Gasteiger partial charge < -0.3 is 14.5 Å². The van der Waals surface area contributed by atoms with Crippen LogP contribution in [0.3, 0.4) is 0 Å². The van der Waals surface area contributed by atoms with Crippen LogP contribution >= 0.6 is 11.6 Å². The van der Waals surface area contributed by atoms with Gasteiger partial charge in [-0.05, 0) is 18.2 Å². The van der Waals surface area contributed by atoms with E-state index in [0.717, 1.165) is 7.11 Å². The van der Waals surface area contributed by atoms with E-state index in [2.05, 4.69) is 10.1 Å². The summed E-state index contributed by atoms with van der Waals surface area (Å²) in [5, 5.41) is 13.2. The van der Waals surface area contributed by atoms with Gasteiger partial charge in [-0.1, -0.05) is 11.6 Å². The maximum atomic E-state index is 12.2. The molecular formula is C17H12ClN3O7. The number of esters is 1. The van der Waals surface area contributed by atoms with Crippen LogP contribution in [-0.4, -0.2) is 41.4 Å². The van der Waals surface area contributed by atoms with E-state index < -0.39 is 29.4 Å². The first-order chi connectivity index (χ1) is 13.3. The number of furan rings is 1. The number of methoxy groups -OCH3 is 1. The SMILES string of the molecule is COC(=O)CN1C(=O)N/C(=C/c2ccc(-c3ccc([N+](=O)[O-])cc3Cl)o2)C1=O. The van der Waals surface area contributed by atoms with E-state index in [1.807, 2.05) is 0 Å². The second-order valence-corrected chi connectivity index (χ2v) is 5.99. The zero-order chi connectivity index (χ0) is 20.4. The van der Waals surface area contributed by atoms with Crippen LogP contribution in [-0.2, 0) is 14.3 Å². The minimum Gasteiger partial charge on any atom is -0.468 e. The Bertz CT molecular complexity index is 1030. The Morgan fingerprint density at radius 2 is 2.11 bits per heavy atom. The Kier molecular flexibility index (Phi) is 5.14. The summed E-state index contributed by atoms with van der Waals surface area (Å²) in [5.41, 5.74) is 0.184. The fourth-order valence-electron chi connectivity index (χ4n) is 2.44. The third-order valence-corrected chi connectivity index (χ3v) is 4.13. The lowest BCUT2D eigenvalue weighted by molar-refractivity contribution is -0.384. The zero-order valence-corrected chi connectivity index (χ0v) is 15.1. The van der Waals surface area contributed by atoms with Crippen molar-refractivity contribution in [1.82, 2.24) is 10.2 Å². The summed E-state index contributed by atoms with van der Waals surface area (Å²) >= 11 is 6.07. The van der Waals surface area contributed by atoms with Gasteiger partial charge in [-0.25, -0.2) is 9.69 Å². The van der Waals surface area contributed by atoms with Crippen molar-refractivity contribution in [3.63, 3.8) is 0 Å². The minimum atomic E-state index is -0.758. The van der Waals surface area contributed by atoms with E-state index in [1.54, 1.807) is 6.07 Å². The largest absolute Gasteiger partial charge is 0.468 e. The summed E-state index contributed by atoms with van der Waals surface area (Å²) in [5.74, 6) is -0.900. The number of carbonyl (C=O) groups is 3. The summed E-state index contributed by atoms with van der Waals surface area (Å²) in [6.45, 7) is -0.514. The maximum absolute atomic E-state index is 12.2. The molecule has 2 aromatic rings. The van der Waals surface area contributed by atoms with Gasteiger partial charge in [0.2, 0.25) is 0 Å². The van der Waals surface area contributed by atoms with Crippen molar-refractivity contribution in [3.8, 4) is 11.3 Å². The molecule has 11 heteroatoms. The molecule has 1 fully saturated rings. The number of urea groups is 1. The van der Waals surface area contributed by atoms with E-state index in [0.29, 0.717) is 16.2 Å². The first-order valence-corrected chi connectivity index (χ1v) is 8.13. The fraction of sp³-hybridized carbons (Fsp3) is 0.118. The van der Waals surface area contributed by atoms with Gasteiger partial charge in [0.1, 0.15) is 23.8 Å². The molecule has 0 atom stereocenters. The lowest BCUT2D eigenvalue weighted by atomic mass is 10.1. The molecule has 0 aliphatic carbocycles. The number of carbonyl (C=O) groups excluding carboxylic acids is 3. The number of nitro groups is 1. The average Bonchev–Trinajstić information content (AvgIpc) is 3.21.